The van der Waals surface area contributed by atoms with Crippen molar-refractivity contribution in [2.75, 3.05) is 13.1 Å². The first-order valence-corrected chi connectivity index (χ1v) is 8.57. The zero-order chi connectivity index (χ0) is 16.0. The molecular weight excluding hydrogens is 310 g/mol. The van der Waals surface area contributed by atoms with E-state index in [1.54, 1.807) is 17.7 Å². The molecule has 4 rings (SSSR count). The summed E-state index contributed by atoms with van der Waals surface area (Å²) >= 11 is 1.61. The number of thiophene rings is 1. The molecular formula is C16H17N5OS. The summed E-state index contributed by atoms with van der Waals surface area (Å²) in [6.45, 7) is 5.60. The third-order valence-corrected chi connectivity index (χ3v) is 5.76. The van der Waals surface area contributed by atoms with E-state index in [1.807, 2.05) is 11.8 Å². The Bertz CT molecular complexity index is 906. The Labute approximate surface area is 137 Å². The molecule has 1 saturated heterocycles. The molecule has 0 aromatic carbocycles. The summed E-state index contributed by atoms with van der Waals surface area (Å²) in [7, 11) is 0. The Morgan fingerprint density at radius 3 is 3.00 bits per heavy atom. The number of amides is 1. The van der Waals surface area contributed by atoms with Crippen LogP contribution in [0.25, 0.3) is 20.4 Å². The van der Waals surface area contributed by atoms with Gasteiger partial charge in [-0.2, -0.15) is 5.10 Å². The molecule has 0 radical (unpaired) electrons. The lowest BCUT2D eigenvalue weighted by atomic mass is 9.94. The van der Waals surface area contributed by atoms with Crippen LogP contribution in [0, 0.1) is 13.8 Å². The van der Waals surface area contributed by atoms with E-state index in [2.05, 4.69) is 27.1 Å². The lowest BCUT2D eigenvalue weighted by Crippen LogP contribution is -2.33. The van der Waals surface area contributed by atoms with Gasteiger partial charge in [-0.1, -0.05) is 0 Å². The maximum absolute atomic E-state index is 11.1. The molecule has 1 aliphatic heterocycles. The average Bonchev–Trinajstić information content (AvgIpc) is 2.97. The van der Waals surface area contributed by atoms with Gasteiger partial charge < -0.3 is 4.90 Å². The normalized spacial score (nSPS) is 18.7. The Morgan fingerprint density at radius 2 is 2.17 bits per heavy atom. The predicted molar refractivity (Wildman–Crippen MR) is 89.6 cm³/mol. The van der Waals surface area contributed by atoms with Gasteiger partial charge in [0.1, 0.15) is 11.2 Å². The molecule has 1 fully saturated rings. The third kappa shape index (κ3) is 2.26. The molecule has 4 heterocycles. The van der Waals surface area contributed by atoms with Crippen molar-refractivity contribution in [3.05, 3.63) is 23.3 Å². The fraction of sp³-hybridized carbons (Fsp3) is 0.438. The van der Waals surface area contributed by atoms with E-state index >= 15 is 0 Å². The molecule has 1 unspecified atom stereocenters. The number of fused-ring (bicyclic) bond motifs is 3. The maximum Gasteiger partial charge on any atom is 0.209 e. The molecule has 3 aromatic rings. The summed E-state index contributed by atoms with van der Waals surface area (Å²) in [6, 6.07) is 0. The number of carbonyl (C=O) groups is 1. The smallest absolute Gasteiger partial charge is 0.209 e. The Morgan fingerprint density at radius 1 is 1.30 bits per heavy atom. The molecule has 23 heavy (non-hydrogen) atoms. The number of piperidine rings is 1. The number of likely N-dealkylation sites (tertiary alicyclic amines) is 1. The highest BCUT2D eigenvalue weighted by Gasteiger charge is 2.25. The predicted octanol–water partition coefficient (Wildman–Crippen LogP) is 2.59. The van der Waals surface area contributed by atoms with Crippen molar-refractivity contribution in [3.8, 4) is 0 Å². The third-order valence-electron chi connectivity index (χ3n) is 4.68. The summed E-state index contributed by atoms with van der Waals surface area (Å²) in [4.78, 5) is 22.9. The molecule has 0 N–H and O–H groups in total. The van der Waals surface area contributed by atoms with Crippen LogP contribution in [0.15, 0.2) is 6.33 Å². The summed E-state index contributed by atoms with van der Waals surface area (Å²) in [5.41, 5.74) is 4.07. The van der Waals surface area contributed by atoms with Gasteiger partial charge in [-0.25, -0.2) is 9.97 Å². The van der Waals surface area contributed by atoms with Crippen LogP contribution in [-0.4, -0.2) is 44.6 Å². The van der Waals surface area contributed by atoms with Crippen molar-refractivity contribution in [1.82, 2.24) is 25.1 Å². The number of hydrogen-bond donors (Lipinski definition) is 0. The van der Waals surface area contributed by atoms with E-state index in [1.165, 1.54) is 0 Å². The fourth-order valence-electron chi connectivity index (χ4n) is 3.32. The SMILES string of the molecule is Cc1nnc2sc3c(C4CCCN(C=O)C4)ncnc3c2c1C. The second-order valence-corrected chi connectivity index (χ2v) is 7.07. The molecule has 7 heteroatoms. The van der Waals surface area contributed by atoms with Gasteiger partial charge >= 0.3 is 0 Å². The van der Waals surface area contributed by atoms with Crippen LogP contribution in [0.5, 0.6) is 0 Å². The average molecular weight is 327 g/mol. The molecule has 1 aliphatic rings. The molecule has 6 nitrogen and oxygen atoms in total. The second kappa shape index (κ2) is 5.49. The van der Waals surface area contributed by atoms with Crippen LogP contribution >= 0.6 is 11.3 Å². The molecule has 1 atom stereocenters. The number of rotatable bonds is 2. The molecule has 0 aliphatic carbocycles. The quantitative estimate of drug-likeness (QED) is 0.677. The van der Waals surface area contributed by atoms with E-state index in [9.17, 15) is 4.79 Å². The van der Waals surface area contributed by atoms with Crippen LogP contribution in [0.1, 0.15) is 35.7 Å². The fourth-order valence-corrected chi connectivity index (χ4v) is 4.52. The largest absolute Gasteiger partial charge is 0.345 e. The summed E-state index contributed by atoms with van der Waals surface area (Å²) in [5.74, 6) is 0.266. The molecule has 3 aromatic heterocycles. The van der Waals surface area contributed by atoms with E-state index in [4.69, 9.17) is 0 Å². The number of aryl methyl sites for hydroxylation is 2. The van der Waals surface area contributed by atoms with E-state index in [0.717, 1.165) is 69.7 Å². The van der Waals surface area contributed by atoms with Gasteiger partial charge in [-0.05, 0) is 32.3 Å². The lowest BCUT2D eigenvalue weighted by Gasteiger charge is -2.29. The van der Waals surface area contributed by atoms with Crippen LogP contribution in [-0.2, 0) is 4.79 Å². The Hall–Kier alpha value is -2.15. The first kappa shape index (κ1) is 14.4. The Kier molecular flexibility index (Phi) is 3.45. The van der Waals surface area contributed by atoms with Crippen LogP contribution < -0.4 is 0 Å². The van der Waals surface area contributed by atoms with E-state index < -0.39 is 0 Å². The van der Waals surface area contributed by atoms with Crippen LogP contribution in [0.3, 0.4) is 0 Å². The van der Waals surface area contributed by atoms with Gasteiger partial charge in [0.2, 0.25) is 6.41 Å². The Balaban J connectivity index is 1.91. The number of carbonyl (C=O) groups excluding carboxylic acids is 1. The summed E-state index contributed by atoms with van der Waals surface area (Å²) in [5, 5.41) is 9.64. The molecule has 1 amide bonds. The van der Waals surface area contributed by atoms with Crippen LogP contribution in [0.4, 0.5) is 0 Å². The van der Waals surface area contributed by atoms with Gasteiger partial charge in [0.05, 0.1) is 21.6 Å². The molecule has 0 bridgehead atoms. The number of nitrogens with zero attached hydrogens (tertiary/aromatic N) is 5. The van der Waals surface area contributed by atoms with Crippen molar-refractivity contribution in [2.24, 2.45) is 0 Å². The highest BCUT2D eigenvalue weighted by molar-refractivity contribution is 7.25. The topological polar surface area (TPSA) is 71.9 Å². The van der Waals surface area contributed by atoms with E-state index in [0.29, 0.717) is 0 Å². The monoisotopic (exact) mass is 327 g/mol. The highest BCUT2D eigenvalue weighted by atomic mass is 32.1. The van der Waals surface area contributed by atoms with Crippen molar-refractivity contribution >= 4 is 38.2 Å². The van der Waals surface area contributed by atoms with Gasteiger partial charge in [0.25, 0.3) is 0 Å². The van der Waals surface area contributed by atoms with Crippen LogP contribution in [0.2, 0.25) is 0 Å². The van der Waals surface area contributed by atoms with E-state index in [-0.39, 0.29) is 5.92 Å². The number of aromatic nitrogens is 4. The van der Waals surface area contributed by atoms with Crippen molar-refractivity contribution in [2.45, 2.75) is 32.6 Å². The van der Waals surface area contributed by atoms with Crippen molar-refractivity contribution < 1.29 is 4.79 Å². The van der Waals surface area contributed by atoms with Gasteiger partial charge in [0.15, 0.2) is 0 Å². The minimum atomic E-state index is 0.266. The maximum atomic E-state index is 11.1. The highest BCUT2D eigenvalue weighted by Crippen LogP contribution is 2.38. The number of hydrogen-bond acceptors (Lipinski definition) is 6. The molecule has 0 saturated carbocycles. The molecule has 0 spiro atoms. The van der Waals surface area contributed by atoms with Crippen molar-refractivity contribution in [3.63, 3.8) is 0 Å². The minimum Gasteiger partial charge on any atom is -0.345 e. The first-order valence-electron chi connectivity index (χ1n) is 7.75. The van der Waals surface area contributed by atoms with Crippen molar-refractivity contribution in [1.29, 1.82) is 0 Å². The first-order chi connectivity index (χ1) is 11.2. The van der Waals surface area contributed by atoms with Gasteiger partial charge in [-0.3, -0.25) is 4.79 Å². The second-order valence-electron chi connectivity index (χ2n) is 6.07. The zero-order valence-corrected chi connectivity index (χ0v) is 13.9. The lowest BCUT2D eigenvalue weighted by molar-refractivity contribution is -0.119. The molecule has 118 valence electrons. The van der Waals surface area contributed by atoms with Gasteiger partial charge in [0, 0.05) is 24.4 Å². The standard InChI is InChI=1S/C16H17N5OS/c1-9-10(2)19-20-16-12(9)14-15(23-16)13(17-7-18-14)11-4-3-5-21(6-11)8-22/h7-8,11H,3-6H2,1-2H3. The minimum absolute atomic E-state index is 0.266. The zero-order valence-electron chi connectivity index (χ0n) is 13.1. The van der Waals surface area contributed by atoms with Gasteiger partial charge in [-0.15, -0.1) is 16.4 Å². The summed E-state index contributed by atoms with van der Waals surface area (Å²) < 4.78 is 1.09. The summed E-state index contributed by atoms with van der Waals surface area (Å²) in [6.07, 6.45) is 4.64.